The summed E-state index contributed by atoms with van der Waals surface area (Å²) in [6.07, 6.45) is 2.85. The summed E-state index contributed by atoms with van der Waals surface area (Å²) < 4.78 is 5.23. The molecule has 0 radical (unpaired) electrons. The lowest BCUT2D eigenvalue weighted by atomic mass is 9.97. The highest BCUT2D eigenvalue weighted by atomic mass is 16.5. The second-order valence-corrected chi connectivity index (χ2v) is 5.94. The molecule has 1 aromatic carbocycles. The van der Waals surface area contributed by atoms with Crippen LogP contribution < -0.4 is 10.2 Å². The van der Waals surface area contributed by atoms with Crippen LogP contribution in [0, 0.1) is 5.92 Å². The Morgan fingerprint density at radius 1 is 1.30 bits per heavy atom. The monoisotopic (exact) mass is 316 g/mol. The van der Waals surface area contributed by atoms with Crippen molar-refractivity contribution in [1.82, 2.24) is 10.1 Å². The third kappa shape index (κ3) is 3.82. The Kier molecular flexibility index (Phi) is 5.12. The molecular formula is C17H24N4O2. The molecule has 6 heteroatoms. The van der Waals surface area contributed by atoms with Gasteiger partial charge in [0.1, 0.15) is 0 Å². The summed E-state index contributed by atoms with van der Waals surface area (Å²) in [5.74, 6) is 1.79. The van der Waals surface area contributed by atoms with E-state index in [-0.39, 0.29) is 0 Å². The van der Waals surface area contributed by atoms with Crippen LogP contribution in [-0.4, -0.2) is 34.9 Å². The molecule has 0 bridgehead atoms. The Morgan fingerprint density at radius 3 is 2.78 bits per heavy atom. The van der Waals surface area contributed by atoms with Crippen LogP contribution in [0.5, 0.6) is 0 Å². The van der Waals surface area contributed by atoms with E-state index < -0.39 is 0 Å². The number of nitrogens with zero attached hydrogens (tertiary/aromatic N) is 3. The van der Waals surface area contributed by atoms with Crippen LogP contribution in [-0.2, 0) is 13.0 Å². The number of aryl methyl sites for hydroxylation is 1. The van der Waals surface area contributed by atoms with Crippen molar-refractivity contribution in [1.29, 1.82) is 0 Å². The first kappa shape index (κ1) is 15.8. The third-order valence-electron chi connectivity index (χ3n) is 4.37. The van der Waals surface area contributed by atoms with Crippen LogP contribution >= 0.6 is 0 Å². The third-order valence-corrected chi connectivity index (χ3v) is 4.37. The molecule has 0 amide bonds. The second-order valence-electron chi connectivity index (χ2n) is 5.94. The topological polar surface area (TPSA) is 74.4 Å². The van der Waals surface area contributed by atoms with Gasteiger partial charge in [0, 0.05) is 26.1 Å². The van der Waals surface area contributed by atoms with Crippen molar-refractivity contribution in [3.05, 3.63) is 36.0 Å². The van der Waals surface area contributed by atoms with Gasteiger partial charge in [0.25, 0.3) is 0 Å². The molecule has 6 nitrogen and oxygen atoms in total. The fourth-order valence-electron chi connectivity index (χ4n) is 2.93. The Labute approximate surface area is 136 Å². The van der Waals surface area contributed by atoms with E-state index >= 15 is 0 Å². The van der Waals surface area contributed by atoms with E-state index in [1.165, 1.54) is 5.69 Å². The highest BCUT2D eigenvalue weighted by Crippen LogP contribution is 2.29. The summed E-state index contributed by atoms with van der Waals surface area (Å²) in [4.78, 5) is 6.70. The van der Waals surface area contributed by atoms with E-state index in [9.17, 15) is 5.11 Å². The summed E-state index contributed by atoms with van der Waals surface area (Å²) >= 11 is 0. The number of aliphatic hydroxyl groups excluding tert-OH is 1. The highest BCUT2D eigenvalue weighted by Gasteiger charge is 2.20. The van der Waals surface area contributed by atoms with E-state index in [4.69, 9.17) is 4.52 Å². The number of benzene rings is 1. The number of hydrogen-bond acceptors (Lipinski definition) is 6. The molecule has 1 fully saturated rings. The molecule has 124 valence electrons. The molecule has 0 saturated carbocycles. The quantitative estimate of drug-likeness (QED) is 0.853. The van der Waals surface area contributed by atoms with Gasteiger partial charge in [-0.1, -0.05) is 24.2 Å². The van der Waals surface area contributed by atoms with Gasteiger partial charge < -0.3 is 19.8 Å². The number of aliphatic hydroxyl groups is 1. The van der Waals surface area contributed by atoms with Gasteiger partial charge in [-0.05, 0) is 30.9 Å². The largest absolute Gasteiger partial charge is 0.396 e. The molecule has 2 heterocycles. The molecule has 0 spiro atoms. The fourth-order valence-corrected chi connectivity index (χ4v) is 2.93. The zero-order valence-corrected chi connectivity index (χ0v) is 13.5. The second kappa shape index (κ2) is 7.46. The van der Waals surface area contributed by atoms with Crippen molar-refractivity contribution in [3.8, 4) is 0 Å². The van der Waals surface area contributed by atoms with Gasteiger partial charge in [-0.25, -0.2) is 0 Å². The maximum absolute atomic E-state index is 9.28. The molecule has 0 atom stereocenters. The Bertz CT molecular complexity index is 621. The molecule has 1 aliphatic heterocycles. The van der Waals surface area contributed by atoms with Crippen molar-refractivity contribution in [2.24, 2.45) is 5.92 Å². The predicted octanol–water partition coefficient (Wildman–Crippen LogP) is 2.45. The van der Waals surface area contributed by atoms with E-state index in [0.29, 0.717) is 25.0 Å². The van der Waals surface area contributed by atoms with Crippen molar-refractivity contribution in [3.63, 3.8) is 0 Å². The minimum atomic E-state index is 0.296. The van der Waals surface area contributed by atoms with Crippen LogP contribution in [0.15, 0.2) is 28.8 Å². The molecule has 0 unspecified atom stereocenters. The maximum atomic E-state index is 9.28. The number of aromatic nitrogens is 2. The minimum absolute atomic E-state index is 0.296. The first-order valence-electron chi connectivity index (χ1n) is 8.30. The Hall–Kier alpha value is -2.08. The molecular weight excluding hydrogens is 292 g/mol. The number of nitrogens with one attached hydrogen (secondary N) is 1. The number of para-hydroxylation sites is 2. The predicted molar refractivity (Wildman–Crippen MR) is 89.5 cm³/mol. The van der Waals surface area contributed by atoms with Crippen LogP contribution in [0.25, 0.3) is 0 Å². The van der Waals surface area contributed by atoms with Gasteiger partial charge in [0.2, 0.25) is 5.89 Å². The molecule has 0 aliphatic carbocycles. The lowest BCUT2D eigenvalue weighted by Crippen LogP contribution is -2.35. The smallest absolute Gasteiger partial charge is 0.245 e. The highest BCUT2D eigenvalue weighted by molar-refractivity contribution is 5.70. The van der Waals surface area contributed by atoms with E-state index in [0.717, 1.165) is 43.9 Å². The normalized spacial score (nSPS) is 15.8. The molecule has 1 aliphatic rings. The summed E-state index contributed by atoms with van der Waals surface area (Å²) in [7, 11) is 0. The van der Waals surface area contributed by atoms with Crippen molar-refractivity contribution >= 4 is 11.4 Å². The number of piperidine rings is 1. The van der Waals surface area contributed by atoms with Crippen molar-refractivity contribution in [2.45, 2.75) is 32.7 Å². The molecule has 2 N–H and O–H groups in total. The van der Waals surface area contributed by atoms with Gasteiger partial charge >= 0.3 is 0 Å². The summed E-state index contributed by atoms with van der Waals surface area (Å²) in [6.45, 7) is 4.78. The average Bonchev–Trinajstić information content (AvgIpc) is 3.08. The molecule has 23 heavy (non-hydrogen) atoms. The zero-order valence-electron chi connectivity index (χ0n) is 13.5. The van der Waals surface area contributed by atoms with Gasteiger partial charge in [-0.3, -0.25) is 0 Å². The molecule has 2 aromatic rings. The van der Waals surface area contributed by atoms with Crippen LogP contribution in [0.2, 0.25) is 0 Å². The average molecular weight is 316 g/mol. The first-order valence-corrected chi connectivity index (χ1v) is 8.30. The fraction of sp³-hybridized carbons (Fsp3) is 0.529. The first-order chi connectivity index (χ1) is 11.3. The van der Waals surface area contributed by atoms with Crippen molar-refractivity contribution in [2.75, 3.05) is 29.9 Å². The van der Waals surface area contributed by atoms with Crippen molar-refractivity contribution < 1.29 is 9.63 Å². The van der Waals surface area contributed by atoms with Gasteiger partial charge in [0.05, 0.1) is 17.9 Å². The number of anilines is 2. The van der Waals surface area contributed by atoms with Crippen LogP contribution in [0.4, 0.5) is 11.4 Å². The molecule has 1 saturated heterocycles. The number of hydrogen-bond donors (Lipinski definition) is 2. The lowest BCUT2D eigenvalue weighted by Gasteiger charge is -2.34. The summed E-state index contributed by atoms with van der Waals surface area (Å²) in [5, 5.41) is 16.6. The molecule has 3 rings (SSSR count). The Morgan fingerprint density at radius 2 is 2.09 bits per heavy atom. The van der Waals surface area contributed by atoms with Crippen LogP contribution in [0.3, 0.4) is 0 Å². The summed E-state index contributed by atoms with van der Waals surface area (Å²) in [5.41, 5.74) is 2.27. The maximum Gasteiger partial charge on any atom is 0.245 e. The van der Waals surface area contributed by atoms with Crippen LogP contribution in [0.1, 0.15) is 31.5 Å². The minimum Gasteiger partial charge on any atom is -0.396 e. The summed E-state index contributed by atoms with van der Waals surface area (Å²) in [6, 6.07) is 8.29. The van der Waals surface area contributed by atoms with Gasteiger partial charge in [-0.2, -0.15) is 4.98 Å². The van der Waals surface area contributed by atoms with Gasteiger partial charge in [0.15, 0.2) is 5.82 Å². The molecule has 1 aromatic heterocycles. The Balaban J connectivity index is 1.66. The standard InChI is InChI=1S/C17H24N4O2/c1-2-16-19-17(23-20-16)11-18-14-5-3-4-6-15(14)21-9-7-13(12-22)8-10-21/h3-6,13,18,22H,2,7-12H2,1H3. The van der Waals surface area contributed by atoms with E-state index in [1.807, 2.05) is 13.0 Å². The van der Waals surface area contributed by atoms with E-state index in [2.05, 4.69) is 38.6 Å². The SMILES string of the molecule is CCc1noc(CNc2ccccc2N2CCC(CO)CC2)n1. The van der Waals surface area contributed by atoms with Gasteiger partial charge in [-0.15, -0.1) is 0 Å². The number of rotatable bonds is 6. The van der Waals surface area contributed by atoms with E-state index in [1.54, 1.807) is 0 Å². The lowest BCUT2D eigenvalue weighted by molar-refractivity contribution is 0.203. The zero-order chi connectivity index (χ0) is 16.1.